The van der Waals surface area contributed by atoms with E-state index < -0.39 is 0 Å². The van der Waals surface area contributed by atoms with Crippen LogP contribution in [0.4, 0.5) is 0 Å². The SMILES string of the molecule is O=CNNCc1cc(Br)ccc1OCc1ccccc1. The van der Waals surface area contributed by atoms with E-state index in [0.29, 0.717) is 19.6 Å². The van der Waals surface area contributed by atoms with Gasteiger partial charge in [-0.3, -0.25) is 10.2 Å². The van der Waals surface area contributed by atoms with E-state index in [2.05, 4.69) is 26.8 Å². The van der Waals surface area contributed by atoms with Crippen LogP contribution in [0.1, 0.15) is 11.1 Å². The highest BCUT2D eigenvalue weighted by Crippen LogP contribution is 2.24. The quantitative estimate of drug-likeness (QED) is 0.465. The highest BCUT2D eigenvalue weighted by molar-refractivity contribution is 9.10. The lowest BCUT2D eigenvalue weighted by Gasteiger charge is -2.12. The van der Waals surface area contributed by atoms with Crippen LogP contribution in [0, 0.1) is 0 Å². The maximum absolute atomic E-state index is 10.2. The molecule has 2 N–H and O–H groups in total. The Morgan fingerprint density at radius 1 is 1.15 bits per heavy atom. The standard InChI is InChI=1S/C15H15BrN2O2/c16-14-6-7-15(13(8-14)9-17-18-11-19)20-10-12-4-2-1-3-5-12/h1-8,11,17H,9-10H2,(H,18,19). The minimum atomic E-state index is 0.488. The average molecular weight is 335 g/mol. The minimum absolute atomic E-state index is 0.488. The molecule has 0 spiro atoms. The van der Waals surface area contributed by atoms with Crippen molar-refractivity contribution >= 4 is 22.3 Å². The van der Waals surface area contributed by atoms with Crippen LogP contribution < -0.4 is 15.6 Å². The van der Waals surface area contributed by atoms with Gasteiger partial charge in [-0.1, -0.05) is 46.3 Å². The molecule has 0 saturated heterocycles. The van der Waals surface area contributed by atoms with Gasteiger partial charge in [0.2, 0.25) is 6.41 Å². The van der Waals surface area contributed by atoms with Crippen LogP contribution in [-0.2, 0) is 17.9 Å². The maximum Gasteiger partial charge on any atom is 0.221 e. The van der Waals surface area contributed by atoms with Crippen molar-refractivity contribution in [2.45, 2.75) is 13.2 Å². The van der Waals surface area contributed by atoms with Crippen molar-refractivity contribution in [3.8, 4) is 5.75 Å². The zero-order chi connectivity index (χ0) is 14.2. The van der Waals surface area contributed by atoms with Crippen molar-refractivity contribution in [3.63, 3.8) is 0 Å². The number of amides is 1. The molecule has 2 rings (SSSR count). The molecular formula is C15H15BrN2O2. The molecule has 0 saturated carbocycles. The summed E-state index contributed by atoms with van der Waals surface area (Å²) >= 11 is 3.43. The summed E-state index contributed by atoms with van der Waals surface area (Å²) in [5, 5.41) is 0. The largest absolute Gasteiger partial charge is 0.489 e. The number of ether oxygens (including phenoxy) is 1. The Kier molecular flexibility index (Phi) is 5.58. The van der Waals surface area contributed by atoms with Crippen LogP contribution in [0.3, 0.4) is 0 Å². The monoisotopic (exact) mass is 334 g/mol. The molecule has 0 aliphatic rings. The van der Waals surface area contributed by atoms with E-state index in [1.54, 1.807) is 0 Å². The third kappa shape index (κ3) is 4.36. The number of hydrazine groups is 1. The fourth-order valence-corrected chi connectivity index (χ4v) is 2.16. The van der Waals surface area contributed by atoms with Crippen LogP contribution in [0.5, 0.6) is 5.75 Å². The van der Waals surface area contributed by atoms with Crippen LogP contribution in [-0.4, -0.2) is 6.41 Å². The minimum Gasteiger partial charge on any atom is -0.489 e. The molecule has 0 radical (unpaired) electrons. The van der Waals surface area contributed by atoms with Gasteiger partial charge in [-0.05, 0) is 23.8 Å². The van der Waals surface area contributed by atoms with Crippen molar-refractivity contribution < 1.29 is 9.53 Å². The lowest BCUT2D eigenvalue weighted by Crippen LogP contribution is -2.29. The zero-order valence-electron chi connectivity index (χ0n) is 10.8. The molecule has 0 aliphatic heterocycles. The molecule has 0 aliphatic carbocycles. The second-order valence-corrected chi connectivity index (χ2v) is 5.06. The molecule has 20 heavy (non-hydrogen) atoms. The van der Waals surface area contributed by atoms with E-state index in [1.807, 2.05) is 48.5 Å². The van der Waals surface area contributed by atoms with E-state index in [1.165, 1.54) is 0 Å². The highest BCUT2D eigenvalue weighted by atomic mass is 79.9. The molecule has 4 nitrogen and oxygen atoms in total. The Bertz CT molecular complexity index is 561. The van der Waals surface area contributed by atoms with Crippen LogP contribution >= 0.6 is 15.9 Å². The summed E-state index contributed by atoms with van der Waals surface area (Å²) in [6.45, 7) is 0.999. The van der Waals surface area contributed by atoms with E-state index in [0.717, 1.165) is 21.3 Å². The second kappa shape index (κ2) is 7.67. The summed E-state index contributed by atoms with van der Waals surface area (Å²) < 4.78 is 6.80. The van der Waals surface area contributed by atoms with Crippen molar-refractivity contribution in [1.29, 1.82) is 0 Å². The normalized spacial score (nSPS) is 10.1. The lowest BCUT2D eigenvalue weighted by atomic mass is 10.2. The molecule has 0 fully saturated rings. The molecule has 0 bridgehead atoms. The first-order valence-electron chi connectivity index (χ1n) is 6.17. The summed E-state index contributed by atoms with van der Waals surface area (Å²) in [6, 6.07) is 15.8. The Morgan fingerprint density at radius 3 is 2.70 bits per heavy atom. The zero-order valence-corrected chi connectivity index (χ0v) is 12.4. The van der Waals surface area contributed by atoms with Gasteiger partial charge in [0.05, 0.1) is 0 Å². The summed E-state index contributed by atoms with van der Waals surface area (Å²) in [5.74, 6) is 0.789. The predicted octanol–water partition coefficient (Wildman–Crippen LogP) is 2.78. The fourth-order valence-electron chi connectivity index (χ4n) is 1.75. The summed E-state index contributed by atoms with van der Waals surface area (Å²) in [5.41, 5.74) is 7.29. The molecule has 2 aromatic carbocycles. The number of hydrogen-bond donors (Lipinski definition) is 2. The van der Waals surface area contributed by atoms with E-state index >= 15 is 0 Å². The smallest absolute Gasteiger partial charge is 0.221 e. The van der Waals surface area contributed by atoms with Gasteiger partial charge in [0.1, 0.15) is 12.4 Å². The van der Waals surface area contributed by atoms with E-state index in [-0.39, 0.29) is 0 Å². The van der Waals surface area contributed by atoms with Gasteiger partial charge in [0.25, 0.3) is 0 Å². The van der Waals surface area contributed by atoms with Gasteiger partial charge < -0.3 is 4.74 Å². The summed E-state index contributed by atoms with van der Waals surface area (Å²) in [7, 11) is 0. The van der Waals surface area contributed by atoms with Gasteiger partial charge in [0.15, 0.2) is 0 Å². The number of nitrogens with one attached hydrogen (secondary N) is 2. The predicted molar refractivity (Wildman–Crippen MR) is 81.0 cm³/mol. The Labute approximate surface area is 126 Å². The first-order valence-corrected chi connectivity index (χ1v) is 6.96. The second-order valence-electron chi connectivity index (χ2n) is 4.14. The number of halogens is 1. The van der Waals surface area contributed by atoms with Gasteiger partial charge in [-0.15, -0.1) is 0 Å². The molecule has 104 valence electrons. The molecular weight excluding hydrogens is 320 g/mol. The van der Waals surface area contributed by atoms with Crippen LogP contribution in [0.15, 0.2) is 53.0 Å². The molecule has 0 atom stereocenters. The first kappa shape index (κ1) is 14.6. The van der Waals surface area contributed by atoms with Gasteiger partial charge in [-0.25, -0.2) is 5.43 Å². The lowest BCUT2D eigenvalue weighted by molar-refractivity contribution is -0.110. The first-order chi connectivity index (χ1) is 9.79. The van der Waals surface area contributed by atoms with Gasteiger partial charge in [-0.2, -0.15) is 0 Å². The number of rotatable bonds is 7. The Balaban J connectivity index is 2.04. The number of carbonyl (C=O) groups excluding carboxylic acids is 1. The Morgan fingerprint density at radius 2 is 1.95 bits per heavy atom. The highest BCUT2D eigenvalue weighted by Gasteiger charge is 2.05. The average Bonchev–Trinajstić information content (AvgIpc) is 2.48. The molecule has 0 unspecified atom stereocenters. The van der Waals surface area contributed by atoms with Crippen LogP contribution in [0.25, 0.3) is 0 Å². The fraction of sp³-hybridized carbons (Fsp3) is 0.133. The number of benzene rings is 2. The summed E-state index contributed by atoms with van der Waals surface area (Å²) in [4.78, 5) is 10.2. The molecule has 1 amide bonds. The third-order valence-corrected chi connectivity index (χ3v) is 3.19. The topological polar surface area (TPSA) is 50.4 Å². The van der Waals surface area contributed by atoms with Gasteiger partial charge >= 0.3 is 0 Å². The van der Waals surface area contributed by atoms with E-state index in [9.17, 15) is 4.79 Å². The van der Waals surface area contributed by atoms with Crippen LogP contribution in [0.2, 0.25) is 0 Å². The molecule has 5 heteroatoms. The van der Waals surface area contributed by atoms with Crippen molar-refractivity contribution in [2.75, 3.05) is 0 Å². The number of hydrogen-bond acceptors (Lipinski definition) is 3. The molecule has 0 heterocycles. The van der Waals surface area contributed by atoms with Crippen molar-refractivity contribution in [2.24, 2.45) is 0 Å². The molecule has 2 aromatic rings. The third-order valence-electron chi connectivity index (χ3n) is 2.70. The summed E-state index contributed by atoms with van der Waals surface area (Å²) in [6.07, 6.45) is 0.600. The van der Waals surface area contributed by atoms with Crippen molar-refractivity contribution in [1.82, 2.24) is 10.9 Å². The van der Waals surface area contributed by atoms with E-state index in [4.69, 9.17) is 4.74 Å². The van der Waals surface area contributed by atoms with Gasteiger partial charge in [0, 0.05) is 16.6 Å². The number of carbonyl (C=O) groups is 1. The Hall–Kier alpha value is -1.85. The maximum atomic E-state index is 10.2. The molecule has 0 aromatic heterocycles. The van der Waals surface area contributed by atoms with Crippen molar-refractivity contribution in [3.05, 3.63) is 64.1 Å².